The molecular formula is C16H8O7. The zero-order chi connectivity index (χ0) is 16.7. The van der Waals surface area contributed by atoms with Gasteiger partial charge in [-0.3, -0.25) is 0 Å². The minimum atomic E-state index is -1.34. The van der Waals surface area contributed by atoms with Gasteiger partial charge in [0.2, 0.25) is 0 Å². The van der Waals surface area contributed by atoms with Crippen LogP contribution in [0.1, 0.15) is 41.4 Å². The number of fused-ring (bicyclic) bond motifs is 5. The second-order valence-corrected chi connectivity index (χ2v) is 4.81. The molecule has 114 valence electrons. The second-order valence-electron chi connectivity index (χ2n) is 4.81. The van der Waals surface area contributed by atoms with Crippen molar-refractivity contribution in [2.45, 2.75) is 0 Å². The summed E-state index contributed by atoms with van der Waals surface area (Å²) in [5.41, 5.74) is -0.227. The van der Waals surface area contributed by atoms with Gasteiger partial charge in [-0.1, -0.05) is 12.1 Å². The molecule has 0 atom stereocenters. The van der Waals surface area contributed by atoms with Crippen LogP contribution in [0.3, 0.4) is 0 Å². The molecular weight excluding hydrogens is 304 g/mol. The fourth-order valence-corrected chi connectivity index (χ4v) is 2.35. The maximum absolute atomic E-state index is 12.1. The van der Waals surface area contributed by atoms with Gasteiger partial charge in [-0.05, 0) is 35.4 Å². The molecule has 4 bridgehead atoms. The van der Waals surface area contributed by atoms with Crippen molar-refractivity contribution in [3.8, 4) is 11.1 Å². The number of carbonyl (C=O) groups excluding carboxylic acids is 2. The third-order valence-corrected chi connectivity index (χ3v) is 3.46. The van der Waals surface area contributed by atoms with Gasteiger partial charge in [0, 0.05) is 0 Å². The third-order valence-electron chi connectivity index (χ3n) is 3.46. The van der Waals surface area contributed by atoms with Crippen molar-refractivity contribution >= 4 is 23.9 Å². The summed E-state index contributed by atoms with van der Waals surface area (Å²) in [6.07, 6.45) is 0. The Bertz CT molecular complexity index is 822. The zero-order valence-electron chi connectivity index (χ0n) is 11.4. The molecule has 0 saturated carbocycles. The van der Waals surface area contributed by atoms with Gasteiger partial charge >= 0.3 is 23.9 Å². The zero-order valence-corrected chi connectivity index (χ0v) is 11.4. The molecule has 0 saturated heterocycles. The summed E-state index contributed by atoms with van der Waals surface area (Å²) >= 11 is 0. The standard InChI is InChI=1S/C16H8O7/c17-13(18)9-3-1-7-5-11(9)15(21)23-16(22)12-6-8(7)2-4-10(12)14(19)20/h1-6H,(H,17,18)(H,19,20). The first-order valence-electron chi connectivity index (χ1n) is 6.40. The van der Waals surface area contributed by atoms with Crippen LogP contribution in [0, 0.1) is 0 Å². The molecule has 0 amide bonds. The van der Waals surface area contributed by atoms with E-state index in [9.17, 15) is 19.2 Å². The first-order valence-corrected chi connectivity index (χ1v) is 6.40. The highest BCUT2D eigenvalue weighted by Crippen LogP contribution is 2.28. The number of esters is 2. The number of carbonyl (C=O) groups is 4. The number of benzene rings is 2. The first-order chi connectivity index (χ1) is 10.9. The summed E-state index contributed by atoms with van der Waals surface area (Å²) < 4.78 is 4.63. The number of hydrogen-bond acceptors (Lipinski definition) is 5. The third kappa shape index (κ3) is 2.34. The van der Waals surface area contributed by atoms with E-state index >= 15 is 0 Å². The molecule has 7 heteroatoms. The van der Waals surface area contributed by atoms with Crippen molar-refractivity contribution in [2.75, 3.05) is 0 Å². The van der Waals surface area contributed by atoms with Crippen LogP contribution >= 0.6 is 0 Å². The molecule has 3 rings (SSSR count). The summed E-state index contributed by atoms with van der Waals surface area (Å²) in [7, 11) is 0. The Morgan fingerprint density at radius 2 is 1.13 bits per heavy atom. The van der Waals surface area contributed by atoms with Gasteiger partial charge in [0.25, 0.3) is 0 Å². The second kappa shape index (κ2) is 5.06. The average Bonchev–Trinajstić information content (AvgIpc) is 2.54. The number of hydrogen-bond donors (Lipinski definition) is 2. The van der Waals surface area contributed by atoms with Crippen LogP contribution in [-0.2, 0) is 4.74 Å². The van der Waals surface area contributed by atoms with Gasteiger partial charge in [-0.15, -0.1) is 0 Å². The molecule has 0 aromatic heterocycles. The molecule has 2 aromatic carbocycles. The Morgan fingerprint density at radius 3 is 1.48 bits per heavy atom. The first kappa shape index (κ1) is 14.5. The van der Waals surface area contributed by atoms with E-state index in [4.69, 9.17) is 10.2 Å². The summed E-state index contributed by atoms with van der Waals surface area (Å²) in [4.78, 5) is 46.5. The molecule has 0 aliphatic carbocycles. The van der Waals surface area contributed by atoms with Crippen LogP contribution in [0.5, 0.6) is 0 Å². The Kier molecular flexibility index (Phi) is 3.18. The van der Waals surface area contributed by atoms with Crippen molar-refractivity contribution in [2.24, 2.45) is 0 Å². The molecule has 0 radical (unpaired) electrons. The smallest absolute Gasteiger partial charge is 0.346 e. The number of carboxylic acids is 2. The Hall–Kier alpha value is -3.48. The molecule has 0 spiro atoms. The van der Waals surface area contributed by atoms with Crippen LogP contribution in [0.25, 0.3) is 11.1 Å². The number of aromatic carboxylic acids is 2. The monoisotopic (exact) mass is 312 g/mol. The van der Waals surface area contributed by atoms with Crippen molar-refractivity contribution in [3.05, 3.63) is 58.7 Å². The Morgan fingerprint density at radius 1 is 0.739 bits per heavy atom. The van der Waals surface area contributed by atoms with Crippen molar-refractivity contribution in [1.82, 2.24) is 0 Å². The van der Waals surface area contributed by atoms with Gasteiger partial charge in [-0.2, -0.15) is 0 Å². The lowest BCUT2D eigenvalue weighted by atomic mass is 9.96. The predicted octanol–water partition coefficient (Wildman–Crippen LogP) is 2.06. The quantitative estimate of drug-likeness (QED) is 0.643. The lowest BCUT2D eigenvalue weighted by Gasteiger charge is -2.06. The normalized spacial score (nSPS) is 12.7. The van der Waals surface area contributed by atoms with Gasteiger partial charge < -0.3 is 14.9 Å². The van der Waals surface area contributed by atoms with E-state index in [-0.39, 0.29) is 22.3 Å². The lowest BCUT2D eigenvalue weighted by molar-refractivity contribution is 0.0387. The highest BCUT2D eigenvalue weighted by atomic mass is 16.6. The van der Waals surface area contributed by atoms with Gasteiger partial charge in [0.1, 0.15) is 0 Å². The summed E-state index contributed by atoms with van der Waals surface area (Å²) in [5, 5.41) is 18.2. The fraction of sp³-hybridized carbons (Fsp3) is 0. The number of carboxylic acid groups (broad SMARTS) is 2. The molecule has 1 aliphatic rings. The van der Waals surface area contributed by atoms with Crippen LogP contribution in [0.2, 0.25) is 0 Å². The van der Waals surface area contributed by atoms with Crippen LogP contribution in [0.4, 0.5) is 0 Å². The lowest BCUT2D eigenvalue weighted by Crippen LogP contribution is -2.17. The minimum Gasteiger partial charge on any atom is -0.478 e. The molecule has 1 heterocycles. The van der Waals surface area contributed by atoms with Crippen molar-refractivity contribution < 1.29 is 34.1 Å². The topological polar surface area (TPSA) is 118 Å². The molecule has 7 nitrogen and oxygen atoms in total. The molecule has 1 aliphatic heterocycles. The number of rotatable bonds is 2. The predicted molar refractivity (Wildman–Crippen MR) is 75.5 cm³/mol. The maximum atomic E-state index is 12.1. The fourth-order valence-electron chi connectivity index (χ4n) is 2.35. The Labute approximate surface area is 128 Å². The summed E-state index contributed by atoms with van der Waals surface area (Å²) in [6, 6.07) is 7.99. The van der Waals surface area contributed by atoms with Gasteiger partial charge in [0.15, 0.2) is 0 Å². The highest BCUT2D eigenvalue weighted by Gasteiger charge is 2.27. The summed E-state index contributed by atoms with van der Waals surface area (Å²) in [5.74, 6) is -4.97. The molecule has 23 heavy (non-hydrogen) atoms. The van der Waals surface area contributed by atoms with Gasteiger partial charge in [0.05, 0.1) is 22.3 Å². The van der Waals surface area contributed by atoms with E-state index in [1.165, 1.54) is 36.4 Å². The van der Waals surface area contributed by atoms with Crippen LogP contribution in [-0.4, -0.2) is 34.1 Å². The van der Waals surface area contributed by atoms with Gasteiger partial charge in [-0.25, -0.2) is 19.2 Å². The molecule has 0 fully saturated rings. The molecule has 2 aromatic rings. The number of cyclic esters (lactones) is 2. The average molecular weight is 312 g/mol. The number of ether oxygens (including phenoxy) is 1. The molecule has 0 unspecified atom stereocenters. The Balaban J connectivity index is 2.30. The van der Waals surface area contributed by atoms with Crippen molar-refractivity contribution in [1.29, 1.82) is 0 Å². The largest absolute Gasteiger partial charge is 0.478 e. The SMILES string of the molecule is O=C(O)c1ccc2cc1C(=O)OC(=O)c1cc-2ccc1C(=O)O. The van der Waals surface area contributed by atoms with Crippen molar-refractivity contribution in [3.63, 3.8) is 0 Å². The van der Waals surface area contributed by atoms with E-state index in [1.54, 1.807) is 0 Å². The van der Waals surface area contributed by atoms with E-state index in [1.807, 2.05) is 0 Å². The van der Waals surface area contributed by atoms with E-state index in [2.05, 4.69) is 4.74 Å². The maximum Gasteiger partial charge on any atom is 0.346 e. The van der Waals surface area contributed by atoms with Crippen LogP contribution in [0.15, 0.2) is 36.4 Å². The van der Waals surface area contributed by atoms with E-state index in [0.717, 1.165) is 0 Å². The van der Waals surface area contributed by atoms with E-state index < -0.39 is 23.9 Å². The van der Waals surface area contributed by atoms with E-state index in [0.29, 0.717) is 11.1 Å². The molecule has 2 N–H and O–H groups in total. The van der Waals surface area contributed by atoms with Crippen LogP contribution < -0.4 is 0 Å². The minimum absolute atomic E-state index is 0.275. The highest BCUT2D eigenvalue weighted by molar-refractivity contribution is 6.12. The summed E-state index contributed by atoms with van der Waals surface area (Å²) in [6.45, 7) is 0.